The molecule has 0 spiro atoms. The van der Waals surface area contributed by atoms with E-state index in [0.717, 1.165) is 15.7 Å². The Balaban J connectivity index is 2.20. The third-order valence-electron chi connectivity index (χ3n) is 3.17. The lowest BCUT2D eigenvalue weighted by Gasteiger charge is -2.14. The third kappa shape index (κ3) is 4.51. The second-order valence-corrected chi connectivity index (χ2v) is 5.73. The van der Waals surface area contributed by atoms with Gasteiger partial charge in [0.05, 0.1) is 6.61 Å². The molecule has 1 aromatic heterocycles. The Morgan fingerprint density at radius 2 is 2.17 bits per heavy atom. The van der Waals surface area contributed by atoms with Gasteiger partial charge in [0.2, 0.25) is 0 Å². The highest BCUT2D eigenvalue weighted by Gasteiger charge is 2.16. The van der Waals surface area contributed by atoms with Crippen molar-refractivity contribution in [3.8, 4) is 0 Å². The molecule has 0 aliphatic heterocycles. The van der Waals surface area contributed by atoms with Crippen molar-refractivity contribution in [2.45, 2.75) is 13.0 Å². The molecule has 3 N–H and O–H groups in total. The summed E-state index contributed by atoms with van der Waals surface area (Å²) in [6, 6.07) is 8.87. The number of ether oxygens (including phenoxy) is 1. The maximum absolute atomic E-state index is 12.1. The van der Waals surface area contributed by atoms with E-state index >= 15 is 0 Å². The molecule has 0 radical (unpaired) electrons. The summed E-state index contributed by atoms with van der Waals surface area (Å²) in [4.78, 5) is 16.3. The van der Waals surface area contributed by atoms with E-state index in [9.17, 15) is 9.90 Å². The molecule has 1 unspecified atom stereocenters. The van der Waals surface area contributed by atoms with Crippen molar-refractivity contribution < 1.29 is 19.7 Å². The summed E-state index contributed by atoms with van der Waals surface area (Å²) in [6.45, 7) is 1.19. The highest BCUT2D eigenvalue weighted by atomic mass is 79.9. The van der Waals surface area contributed by atoms with Crippen molar-refractivity contribution in [3.63, 3.8) is 0 Å². The highest BCUT2D eigenvalue weighted by molar-refractivity contribution is 9.10. The number of benzene rings is 1. The number of carbonyl (C=O) groups excluding carboxylic acids is 1. The molecule has 0 bridgehead atoms. The number of nitrogens with one attached hydrogen (secondary N) is 1. The standard InChI is InChI=1S/C16H17BrN2O4/c1-10-13(17)5-2-6-14(10)19-15-12(4-3-7-18-15)16(22)23-9-11(21)8-20/h2-7,11,20-21H,8-9H2,1H3,(H,18,19). The Hall–Kier alpha value is -1.96. The molecule has 0 aliphatic carbocycles. The van der Waals surface area contributed by atoms with E-state index in [2.05, 4.69) is 26.2 Å². The van der Waals surface area contributed by atoms with Crippen LogP contribution in [-0.4, -0.2) is 40.5 Å². The maximum Gasteiger partial charge on any atom is 0.342 e. The van der Waals surface area contributed by atoms with Gasteiger partial charge in [0.25, 0.3) is 0 Å². The summed E-state index contributed by atoms with van der Waals surface area (Å²) >= 11 is 3.45. The van der Waals surface area contributed by atoms with Gasteiger partial charge in [-0.3, -0.25) is 0 Å². The predicted octanol–water partition coefficient (Wildman–Crippen LogP) is 2.41. The molecule has 1 aromatic carbocycles. The van der Waals surface area contributed by atoms with Gasteiger partial charge in [-0.25, -0.2) is 9.78 Å². The Morgan fingerprint density at radius 1 is 1.39 bits per heavy atom. The first kappa shape index (κ1) is 17.4. The molecule has 0 amide bonds. The fraction of sp³-hybridized carbons (Fsp3) is 0.250. The van der Waals surface area contributed by atoms with Crippen LogP contribution in [0, 0.1) is 6.92 Å². The van der Waals surface area contributed by atoms with E-state index in [4.69, 9.17) is 9.84 Å². The molecule has 0 saturated heterocycles. The molecule has 7 heteroatoms. The van der Waals surface area contributed by atoms with E-state index in [1.54, 1.807) is 18.3 Å². The van der Waals surface area contributed by atoms with Crippen molar-refractivity contribution in [2.75, 3.05) is 18.5 Å². The number of carbonyl (C=O) groups is 1. The van der Waals surface area contributed by atoms with Crippen LogP contribution in [0.25, 0.3) is 0 Å². The van der Waals surface area contributed by atoms with E-state index in [1.165, 1.54) is 0 Å². The number of hydrogen-bond donors (Lipinski definition) is 3. The minimum Gasteiger partial charge on any atom is -0.459 e. The van der Waals surface area contributed by atoms with Crippen molar-refractivity contribution >= 4 is 33.4 Å². The summed E-state index contributed by atoms with van der Waals surface area (Å²) in [6.07, 6.45) is 0.467. The topological polar surface area (TPSA) is 91.7 Å². The first-order valence-corrected chi connectivity index (χ1v) is 7.75. The molecule has 6 nitrogen and oxygen atoms in total. The minimum absolute atomic E-state index is 0.247. The Kier molecular flexibility index (Phi) is 6.09. The fourth-order valence-electron chi connectivity index (χ4n) is 1.84. The van der Waals surface area contributed by atoms with Gasteiger partial charge in [-0.15, -0.1) is 0 Å². The predicted molar refractivity (Wildman–Crippen MR) is 89.8 cm³/mol. The Labute approximate surface area is 142 Å². The first-order valence-electron chi connectivity index (χ1n) is 6.96. The number of hydrogen-bond acceptors (Lipinski definition) is 6. The SMILES string of the molecule is Cc1c(Br)cccc1Nc1ncccc1C(=O)OCC(O)CO. The van der Waals surface area contributed by atoms with E-state index in [-0.39, 0.29) is 12.2 Å². The monoisotopic (exact) mass is 380 g/mol. The highest BCUT2D eigenvalue weighted by Crippen LogP contribution is 2.27. The van der Waals surface area contributed by atoms with Crippen LogP contribution < -0.4 is 5.32 Å². The van der Waals surface area contributed by atoms with Crippen LogP contribution in [0.1, 0.15) is 15.9 Å². The number of rotatable bonds is 6. The number of anilines is 2. The van der Waals surface area contributed by atoms with Crippen molar-refractivity contribution in [3.05, 3.63) is 52.1 Å². The lowest BCUT2D eigenvalue weighted by molar-refractivity contribution is 0.00938. The zero-order valence-corrected chi connectivity index (χ0v) is 14.1. The molecular formula is C16H17BrN2O4. The molecular weight excluding hydrogens is 364 g/mol. The van der Waals surface area contributed by atoms with Gasteiger partial charge < -0.3 is 20.3 Å². The maximum atomic E-state index is 12.1. The summed E-state index contributed by atoms with van der Waals surface area (Å²) in [7, 11) is 0. The number of halogens is 1. The zero-order chi connectivity index (χ0) is 16.8. The number of nitrogens with zero attached hydrogens (tertiary/aromatic N) is 1. The molecule has 23 heavy (non-hydrogen) atoms. The normalized spacial score (nSPS) is 11.8. The van der Waals surface area contributed by atoms with Crippen molar-refractivity contribution in [1.29, 1.82) is 0 Å². The van der Waals surface area contributed by atoms with Crippen molar-refractivity contribution in [1.82, 2.24) is 4.98 Å². The Morgan fingerprint density at radius 3 is 2.91 bits per heavy atom. The van der Waals surface area contributed by atoms with Crippen LogP contribution in [0.3, 0.4) is 0 Å². The third-order valence-corrected chi connectivity index (χ3v) is 4.03. The largest absolute Gasteiger partial charge is 0.459 e. The summed E-state index contributed by atoms with van der Waals surface area (Å²) in [5, 5.41) is 21.1. The molecule has 0 fully saturated rings. The lowest BCUT2D eigenvalue weighted by Crippen LogP contribution is -2.22. The van der Waals surface area contributed by atoms with Gasteiger partial charge in [-0.1, -0.05) is 22.0 Å². The Bertz CT molecular complexity index is 694. The van der Waals surface area contributed by atoms with Crippen molar-refractivity contribution in [2.24, 2.45) is 0 Å². The summed E-state index contributed by atoms with van der Waals surface area (Å²) in [5.41, 5.74) is 2.03. The van der Waals surface area contributed by atoms with Crippen LogP contribution in [0.15, 0.2) is 41.0 Å². The number of esters is 1. The molecule has 122 valence electrons. The number of aliphatic hydroxyl groups excluding tert-OH is 2. The van der Waals surface area contributed by atoms with E-state index in [1.807, 2.05) is 25.1 Å². The molecule has 0 aliphatic rings. The van der Waals surface area contributed by atoms with Gasteiger partial charge in [0, 0.05) is 16.4 Å². The van der Waals surface area contributed by atoms with Crippen LogP contribution in [0.5, 0.6) is 0 Å². The lowest BCUT2D eigenvalue weighted by atomic mass is 10.2. The average Bonchev–Trinajstić information content (AvgIpc) is 2.57. The number of aromatic nitrogens is 1. The first-order chi connectivity index (χ1) is 11.0. The number of aliphatic hydroxyl groups is 2. The second kappa shape index (κ2) is 8.05. The molecule has 1 atom stereocenters. The van der Waals surface area contributed by atoms with Crippen LogP contribution in [-0.2, 0) is 4.74 Å². The molecule has 0 saturated carbocycles. The van der Waals surface area contributed by atoms with Crippen LogP contribution in [0.2, 0.25) is 0 Å². The molecule has 2 rings (SSSR count). The van der Waals surface area contributed by atoms with Gasteiger partial charge in [-0.2, -0.15) is 0 Å². The average molecular weight is 381 g/mol. The second-order valence-electron chi connectivity index (χ2n) is 4.87. The van der Waals surface area contributed by atoms with Gasteiger partial charge in [0.15, 0.2) is 0 Å². The van der Waals surface area contributed by atoms with E-state index < -0.39 is 18.7 Å². The zero-order valence-electron chi connectivity index (χ0n) is 12.5. The van der Waals surface area contributed by atoms with Crippen LogP contribution in [0.4, 0.5) is 11.5 Å². The van der Waals surface area contributed by atoms with Gasteiger partial charge in [0.1, 0.15) is 24.1 Å². The van der Waals surface area contributed by atoms with E-state index in [0.29, 0.717) is 5.82 Å². The van der Waals surface area contributed by atoms with Crippen LogP contribution >= 0.6 is 15.9 Å². The molecule has 1 heterocycles. The quantitative estimate of drug-likeness (QED) is 0.666. The number of pyridine rings is 1. The summed E-state index contributed by atoms with van der Waals surface area (Å²) < 4.78 is 5.91. The summed E-state index contributed by atoms with van der Waals surface area (Å²) in [5.74, 6) is -0.266. The fourth-order valence-corrected chi connectivity index (χ4v) is 2.21. The minimum atomic E-state index is -1.10. The van der Waals surface area contributed by atoms with Gasteiger partial charge >= 0.3 is 5.97 Å². The smallest absolute Gasteiger partial charge is 0.342 e. The molecule has 2 aromatic rings. The van der Waals surface area contributed by atoms with Gasteiger partial charge in [-0.05, 0) is 36.8 Å².